The Hall–Kier alpha value is -3.85. The fourth-order valence-corrected chi connectivity index (χ4v) is 4.12. The van der Waals surface area contributed by atoms with Crippen molar-refractivity contribution in [3.8, 4) is 17.4 Å². The molecule has 0 spiro atoms. The van der Waals surface area contributed by atoms with E-state index in [0.29, 0.717) is 41.2 Å². The van der Waals surface area contributed by atoms with Gasteiger partial charge in [0.25, 0.3) is 0 Å². The third-order valence-corrected chi connectivity index (χ3v) is 6.18. The molecule has 1 saturated carbocycles. The van der Waals surface area contributed by atoms with Gasteiger partial charge in [-0.15, -0.1) is 0 Å². The first-order valence-electron chi connectivity index (χ1n) is 12.3. The van der Waals surface area contributed by atoms with Crippen molar-refractivity contribution in [2.75, 3.05) is 18.9 Å². The maximum Gasteiger partial charge on any atom is 0.226 e. The van der Waals surface area contributed by atoms with Gasteiger partial charge in [0, 0.05) is 19.3 Å². The fraction of sp³-hybridized carbons (Fsp3) is 0.370. The molecule has 0 radical (unpaired) electrons. The normalized spacial score (nSPS) is 14.7. The van der Waals surface area contributed by atoms with Crippen LogP contribution >= 0.6 is 0 Å². The first-order chi connectivity index (χ1) is 17.4. The molecule has 190 valence electrons. The molecule has 1 aliphatic rings. The Kier molecular flexibility index (Phi) is 8.22. The Morgan fingerprint density at radius 3 is 2.47 bits per heavy atom. The second-order valence-electron chi connectivity index (χ2n) is 9.12. The topological polar surface area (TPSA) is 124 Å². The highest BCUT2D eigenvalue weighted by Crippen LogP contribution is 2.26. The van der Waals surface area contributed by atoms with Gasteiger partial charge in [0.2, 0.25) is 11.8 Å². The van der Waals surface area contributed by atoms with Gasteiger partial charge in [0.15, 0.2) is 0 Å². The van der Waals surface area contributed by atoms with Crippen LogP contribution in [-0.2, 0) is 0 Å². The first-order valence-corrected chi connectivity index (χ1v) is 12.3. The maximum atomic E-state index is 6.50. The molecular weight excluding hydrogens is 454 g/mol. The minimum atomic E-state index is 0.263. The molecule has 36 heavy (non-hydrogen) atoms. The summed E-state index contributed by atoms with van der Waals surface area (Å²) in [6.07, 6.45) is 7.80. The van der Waals surface area contributed by atoms with E-state index in [1.165, 1.54) is 24.3 Å². The summed E-state index contributed by atoms with van der Waals surface area (Å²) in [5.74, 6) is 8.45. The number of anilines is 1. The molecule has 1 aliphatic carbocycles. The van der Waals surface area contributed by atoms with Crippen molar-refractivity contribution in [1.82, 2.24) is 20.0 Å². The third kappa shape index (κ3) is 6.63. The molecular formula is C27H35N7O2. The average Bonchev–Trinajstić information content (AvgIpc) is 2.87. The van der Waals surface area contributed by atoms with E-state index in [1.807, 2.05) is 50.2 Å². The molecule has 0 aliphatic heterocycles. The number of rotatable bonds is 9. The molecule has 2 aromatic heterocycles. The molecule has 9 heteroatoms. The summed E-state index contributed by atoms with van der Waals surface area (Å²) in [5, 5.41) is 4.65. The Labute approximate surface area is 212 Å². The number of aryl methyl sites for hydroxylation is 2. The lowest BCUT2D eigenvalue weighted by Gasteiger charge is -2.24. The number of ether oxygens (including phenoxy) is 2. The summed E-state index contributed by atoms with van der Waals surface area (Å²) < 4.78 is 12.0. The molecule has 2 heterocycles. The van der Waals surface area contributed by atoms with E-state index in [0.717, 1.165) is 29.8 Å². The highest BCUT2D eigenvalue weighted by atomic mass is 16.5. The summed E-state index contributed by atoms with van der Waals surface area (Å²) in [4.78, 5) is 13.4. The highest BCUT2D eigenvalue weighted by molar-refractivity contribution is 5.64. The number of nitrogens with zero attached hydrogens (tertiary/aromatic N) is 4. The van der Waals surface area contributed by atoms with Gasteiger partial charge in [0.1, 0.15) is 11.5 Å². The number of benzene rings is 1. The second-order valence-corrected chi connectivity index (χ2v) is 9.12. The van der Waals surface area contributed by atoms with Crippen molar-refractivity contribution >= 4 is 11.6 Å². The molecule has 0 unspecified atom stereocenters. The summed E-state index contributed by atoms with van der Waals surface area (Å²) in [7, 11) is 1.73. The zero-order chi connectivity index (χ0) is 25.5. The number of hydrogen-bond donors (Lipinski definition) is 3. The lowest BCUT2D eigenvalue weighted by atomic mass is 9.98. The largest absolute Gasteiger partial charge is 0.489 e. The Morgan fingerprint density at radius 2 is 1.78 bits per heavy atom. The number of pyridine rings is 1. The Bertz CT molecular complexity index is 1190. The molecule has 1 aromatic carbocycles. The van der Waals surface area contributed by atoms with E-state index < -0.39 is 0 Å². The first kappa shape index (κ1) is 25.2. The zero-order valence-electron chi connectivity index (χ0n) is 21.2. The maximum absolute atomic E-state index is 6.50. The van der Waals surface area contributed by atoms with Crippen LogP contribution in [0.4, 0.5) is 5.95 Å². The van der Waals surface area contributed by atoms with Gasteiger partial charge in [0.05, 0.1) is 35.4 Å². The van der Waals surface area contributed by atoms with Crippen LogP contribution < -0.4 is 26.4 Å². The smallest absolute Gasteiger partial charge is 0.226 e. The summed E-state index contributed by atoms with van der Waals surface area (Å²) in [6.45, 7) is 4.26. The molecule has 0 atom stereocenters. The second kappa shape index (κ2) is 11.7. The summed E-state index contributed by atoms with van der Waals surface area (Å²) in [5.41, 5.74) is 10.2. The standard InChI is InChI=1S/C27H35N7O2/c1-18-9-11-21(12-10-18)36-25-15-16-30-27(33-25)31-17-23(34(3)29)26(28)22-13-14-24(19(2)32-22)35-20-7-5-4-6-8-20/h9-16,20H,4-8,17,28-29H2,1-3H3,(H,30,31,33)/b26-23-. The van der Waals surface area contributed by atoms with Crippen LogP contribution in [0.5, 0.6) is 17.4 Å². The SMILES string of the molecule is Cc1ccc(Oc2ccnc(NC/C(=C(/N)c3ccc(OC4CCCCC4)c(C)n3)N(C)N)n2)cc1. The molecule has 0 bridgehead atoms. The van der Waals surface area contributed by atoms with Crippen LogP contribution in [0.15, 0.2) is 54.4 Å². The fourth-order valence-electron chi connectivity index (χ4n) is 4.12. The minimum absolute atomic E-state index is 0.263. The van der Waals surface area contributed by atoms with E-state index in [1.54, 1.807) is 19.3 Å². The van der Waals surface area contributed by atoms with Gasteiger partial charge in [-0.2, -0.15) is 4.98 Å². The lowest BCUT2D eigenvalue weighted by Crippen LogP contribution is -2.32. The minimum Gasteiger partial charge on any atom is -0.489 e. The summed E-state index contributed by atoms with van der Waals surface area (Å²) >= 11 is 0. The molecule has 1 fully saturated rings. The van der Waals surface area contributed by atoms with Gasteiger partial charge in [-0.1, -0.05) is 24.1 Å². The molecule has 9 nitrogen and oxygen atoms in total. The van der Waals surface area contributed by atoms with Crippen molar-refractivity contribution in [3.05, 3.63) is 71.3 Å². The van der Waals surface area contributed by atoms with Gasteiger partial charge in [-0.05, 0) is 63.8 Å². The number of hydrazine groups is 1. The monoisotopic (exact) mass is 489 g/mol. The van der Waals surface area contributed by atoms with Crippen LogP contribution in [0, 0.1) is 13.8 Å². The van der Waals surface area contributed by atoms with Crippen molar-refractivity contribution in [3.63, 3.8) is 0 Å². The third-order valence-electron chi connectivity index (χ3n) is 6.18. The number of aromatic nitrogens is 3. The predicted molar refractivity (Wildman–Crippen MR) is 141 cm³/mol. The van der Waals surface area contributed by atoms with E-state index >= 15 is 0 Å². The molecule has 0 saturated heterocycles. The quantitative estimate of drug-likeness (QED) is 0.293. The van der Waals surface area contributed by atoms with E-state index in [4.69, 9.17) is 26.0 Å². The van der Waals surface area contributed by atoms with Crippen LogP contribution in [0.25, 0.3) is 5.70 Å². The van der Waals surface area contributed by atoms with E-state index in [2.05, 4.69) is 15.3 Å². The van der Waals surface area contributed by atoms with Gasteiger partial charge < -0.3 is 25.5 Å². The highest BCUT2D eigenvalue weighted by Gasteiger charge is 2.17. The van der Waals surface area contributed by atoms with Crippen molar-refractivity contribution in [1.29, 1.82) is 0 Å². The van der Waals surface area contributed by atoms with Crippen molar-refractivity contribution in [2.45, 2.75) is 52.1 Å². The molecule has 3 aromatic rings. The zero-order valence-corrected chi connectivity index (χ0v) is 21.2. The summed E-state index contributed by atoms with van der Waals surface area (Å²) in [6, 6.07) is 13.3. The van der Waals surface area contributed by atoms with Crippen molar-refractivity contribution < 1.29 is 9.47 Å². The molecule has 0 amide bonds. The predicted octanol–water partition coefficient (Wildman–Crippen LogP) is 4.54. The molecule has 5 N–H and O–H groups in total. The number of hydrogen-bond acceptors (Lipinski definition) is 9. The van der Waals surface area contributed by atoms with E-state index in [9.17, 15) is 0 Å². The number of likely N-dealkylation sites (N-methyl/N-ethyl adjacent to an activating group) is 1. The van der Waals surface area contributed by atoms with E-state index in [-0.39, 0.29) is 6.10 Å². The molecule has 4 rings (SSSR count). The number of nitrogens with one attached hydrogen (secondary N) is 1. The Morgan fingerprint density at radius 1 is 1.03 bits per heavy atom. The van der Waals surface area contributed by atoms with Gasteiger partial charge in [-0.3, -0.25) is 0 Å². The van der Waals surface area contributed by atoms with Crippen LogP contribution in [-0.4, -0.2) is 39.7 Å². The van der Waals surface area contributed by atoms with Crippen LogP contribution in [0.3, 0.4) is 0 Å². The average molecular weight is 490 g/mol. The van der Waals surface area contributed by atoms with Gasteiger partial charge >= 0.3 is 0 Å². The van der Waals surface area contributed by atoms with Gasteiger partial charge in [-0.25, -0.2) is 15.8 Å². The Balaban J connectivity index is 1.45. The van der Waals surface area contributed by atoms with Crippen LogP contribution in [0.1, 0.15) is 49.1 Å². The number of nitrogens with two attached hydrogens (primary N) is 2. The van der Waals surface area contributed by atoms with Crippen LogP contribution in [0.2, 0.25) is 0 Å². The lowest BCUT2D eigenvalue weighted by molar-refractivity contribution is 0.153. The van der Waals surface area contributed by atoms with Crippen molar-refractivity contribution in [2.24, 2.45) is 11.6 Å².